The summed E-state index contributed by atoms with van der Waals surface area (Å²) in [6.45, 7) is 0.336. The predicted molar refractivity (Wildman–Crippen MR) is 79.0 cm³/mol. The Bertz CT molecular complexity index is 574. The van der Waals surface area contributed by atoms with Crippen LogP contribution in [0, 0.1) is 0 Å². The average molecular weight is 300 g/mol. The first-order valence-electron chi connectivity index (χ1n) is 6.49. The van der Waals surface area contributed by atoms with Crippen molar-refractivity contribution < 1.29 is 8.42 Å². The molecular formula is C11H20N6O2S. The highest BCUT2D eigenvalue weighted by Crippen LogP contribution is 2.20. The van der Waals surface area contributed by atoms with Gasteiger partial charge in [-0.15, -0.1) is 0 Å². The lowest BCUT2D eigenvalue weighted by atomic mass is 10.2. The lowest BCUT2D eigenvalue weighted by Crippen LogP contribution is -2.26. The second kappa shape index (κ2) is 5.78. The molecule has 1 aliphatic heterocycles. The van der Waals surface area contributed by atoms with Gasteiger partial charge in [0.05, 0.1) is 11.0 Å². The topological polar surface area (TPSA) is 100 Å². The van der Waals surface area contributed by atoms with Gasteiger partial charge in [-0.1, -0.05) is 0 Å². The smallest absolute Gasteiger partial charge is 0.231 e. The predicted octanol–water partition coefficient (Wildman–Crippen LogP) is -0.0316. The van der Waals surface area contributed by atoms with Crippen LogP contribution in [0.25, 0.3) is 0 Å². The first-order valence-corrected chi connectivity index (χ1v) is 8.20. The van der Waals surface area contributed by atoms with E-state index in [1.165, 1.54) is 0 Å². The Morgan fingerprint density at radius 1 is 1.25 bits per heavy atom. The highest BCUT2D eigenvalue weighted by atomic mass is 32.2. The number of hydrogen-bond donors (Lipinski definition) is 2. The number of hydrogen-bond acceptors (Lipinski definition) is 8. The van der Waals surface area contributed by atoms with E-state index in [0.29, 0.717) is 30.8 Å². The van der Waals surface area contributed by atoms with Gasteiger partial charge in [0.2, 0.25) is 17.8 Å². The van der Waals surface area contributed by atoms with Crippen LogP contribution in [0.2, 0.25) is 0 Å². The zero-order valence-electron chi connectivity index (χ0n) is 11.9. The Balaban J connectivity index is 2.11. The lowest BCUT2D eigenvalue weighted by molar-refractivity contribution is 0.591. The van der Waals surface area contributed by atoms with Crippen molar-refractivity contribution in [3.05, 3.63) is 0 Å². The van der Waals surface area contributed by atoms with E-state index >= 15 is 0 Å². The fourth-order valence-corrected chi connectivity index (χ4v) is 3.81. The number of sulfone groups is 1. The van der Waals surface area contributed by atoms with E-state index in [1.807, 2.05) is 14.1 Å². The minimum atomic E-state index is -2.96. The summed E-state index contributed by atoms with van der Waals surface area (Å²) < 4.78 is 23.5. The van der Waals surface area contributed by atoms with Crippen molar-refractivity contribution in [2.75, 3.05) is 49.0 Å². The van der Waals surface area contributed by atoms with Gasteiger partial charge in [0.1, 0.15) is 0 Å². The van der Waals surface area contributed by atoms with Crippen LogP contribution in [0.4, 0.5) is 17.8 Å². The molecule has 2 rings (SSSR count). The third-order valence-electron chi connectivity index (χ3n) is 3.20. The molecule has 20 heavy (non-hydrogen) atoms. The van der Waals surface area contributed by atoms with Gasteiger partial charge in [-0.25, -0.2) is 8.42 Å². The summed E-state index contributed by atoms with van der Waals surface area (Å²) in [5.41, 5.74) is 0. The molecule has 1 fully saturated rings. The van der Waals surface area contributed by atoms with E-state index in [0.717, 1.165) is 6.42 Å². The Labute approximate surface area is 118 Å². The Morgan fingerprint density at radius 2 is 1.95 bits per heavy atom. The van der Waals surface area contributed by atoms with Crippen LogP contribution in [-0.2, 0) is 9.84 Å². The zero-order chi connectivity index (χ0) is 14.8. The molecule has 112 valence electrons. The van der Waals surface area contributed by atoms with E-state index < -0.39 is 9.84 Å². The average Bonchev–Trinajstić information content (AvgIpc) is 2.74. The SMILES string of the molecule is CNc1nc(NCC2CCCS2(=O)=O)nc(N(C)C)n1. The Hall–Kier alpha value is -1.64. The molecule has 0 bridgehead atoms. The first-order chi connectivity index (χ1) is 9.42. The monoisotopic (exact) mass is 300 g/mol. The number of nitrogens with one attached hydrogen (secondary N) is 2. The zero-order valence-corrected chi connectivity index (χ0v) is 12.7. The first kappa shape index (κ1) is 14.8. The molecule has 0 aromatic carbocycles. The van der Waals surface area contributed by atoms with Crippen molar-refractivity contribution in [2.45, 2.75) is 18.1 Å². The molecule has 8 nitrogen and oxygen atoms in total. The van der Waals surface area contributed by atoms with E-state index in [1.54, 1.807) is 11.9 Å². The largest absolute Gasteiger partial charge is 0.357 e. The van der Waals surface area contributed by atoms with Crippen molar-refractivity contribution in [3.63, 3.8) is 0 Å². The molecule has 9 heteroatoms. The van der Waals surface area contributed by atoms with E-state index in [-0.39, 0.29) is 11.0 Å². The molecular weight excluding hydrogens is 280 g/mol. The molecule has 0 radical (unpaired) electrons. The van der Waals surface area contributed by atoms with Gasteiger partial charge in [0.25, 0.3) is 0 Å². The molecule has 1 atom stereocenters. The minimum Gasteiger partial charge on any atom is -0.357 e. The summed E-state index contributed by atoms with van der Waals surface area (Å²) in [5, 5.41) is 5.52. The molecule has 0 aliphatic carbocycles. The molecule has 1 aromatic rings. The maximum atomic E-state index is 11.8. The van der Waals surface area contributed by atoms with Crippen LogP contribution in [0.3, 0.4) is 0 Å². The number of rotatable bonds is 5. The van der Waals surface area contributed by atoms with Gasteiger partial charge in [-0.05, 0) is 12.8 Å². The molecule has 1 aromatic heterocycles. The van der Waals surface area contributed by atoms with E-state index in [4.69, 9.17) is 0 Å². The lowest BCUT2D eigenvalue weighted by Gasteiger charge is -2.14. The van der Waals surface area contributed by atoms with E-state index in [2.05, 4.69) is 25.6 Å². The van der Waals surface area contributed by atoms with Gasteiger partial charge in [0, 0.05) is 27.7 Å². The third kappa shape index (κ3) is 3.27. The van der Waals surface area contributed by atoms with Crippen LogP contribution >= 0.6 is 0 Å². The van der Waals surface area contributed by atoms with Crippen molar-refractivity contribution in [3.8, 4) is 0 Å². The fraction of sp³-hybridized carbons (Fsp3) is 0.727. The Kier molecular flexibility index (Phi) is 4.26. The quantitative estimate of drug-likeness (QED) is 0.782. The summed E-state index contributed by atoms with van der Waals surface area (Å²) in [5.74, 6) is 1.62. The number of aromatic nitrogens is 3. The molecule has 2 N–H and O–H groups in total. The van der Waals surface area contributed by atoms with Crippen LogP contribution < -0.4 is 15.5 Å². The van der Waals surface area contributed by atoms with Crippen molar-refractivity contribution >= 4 is 27.7 Å². The van der Waals surface area contributed by atoms with Crippen LogP contribution in [0.1, 0.15) is 12.8 Å². The van der Waals surface area contributed by atoms with Gasteiger partial charge in [-0.2, -0.15) is 15.0 Å². The standard InChI is InChI=1S/C11H20N6O2S/c1-12-9-14-10(16-11(15-9)17(2)3)13-7-8-5-4-6-20(8,18)19/h8H,4-7H2,1-3H3,(H2,12,13,14,15,16). The molecule has 1 aliphatic rings. The molecule has 0 saturated carbocycles. The second-order valence-electron chi connectivity index (χ2n) is 4.94. The maximum Gasteiger partial charge on any atom is 0.231 e. The molecule has 2 heterocycles. The molecule has 0 spiro atoms. The van der Waals surface area contributed by atoms with Crippen LogP contribution in [0.15, 0.2) is 0 Å². The van der Waals surface area contributed by atoms with Gasteiger partial charge < -0.3 is 15.5 Å². The highest BCUT2D eigenvalue weighted by molar-refractivity contribution is 7.92. The molecule has 0 amide bonds. The minimum absolute atomic E-state index is 0.279. The van der Waals surface area contributed by atoms with E-state index in [9.17, 15) is 8.42 Å². The summed E-state index contributed by atoms with van der Waals surface area (Å²) in [6, 6.07) is 0. The van der Waals surface area contributed by atoms with Gasteiger partial charge in [-0.3, -0.25) is 0 Å². The highest BCUT2D eigenvalue weighted by Gasteiger charge is 2.31. The summed E-state index contributed by atoms with van der Waals surface area (Å²) >= 11 is 0. The van der Waals surface area contributed by atoms with Crippen molar-refractivity contribution in [1.29, 1.82) is 0 Å². The number of nitrogens with zero attached hydrogens (tertiary/aromatic N) is 4. The van der Waals surface area contributed by atoms with Crippen LogP contribution in [0.5, 0.6) is 0 Å². The molecule has 1 saturated heterocycles. The second-order valence-corrected chi connectivity index (χ2v) is 7.34. The third-order valence-corrected chi connectivity index (χ3v) is 5.47. The summed E-state index contributed by atoms with van der Waals surface area (Å²) in [6.07, 6.45) is 1.43. The Morgan fingerprint density at radius 3 is 2.50 bits per heavy atom. The maximum absolute atomic E-state index is 11.8. The summed E-state index contributed by atoms with van der Waals surface area (Å²) in [4.78, 5) is 14.4. The van der Waals surface area contributed by atoms with Crippen molar-refractivity contribution in [1.82, 2.24) is 15.0 Å². The van der Waals surface area contributed by atoms with Gasteiger partial charge >= 0.3 is 0 Å². The van der Waals surface area contributed by atoms with Crippen molar-refractivity contribution in [2.24, 2.45) is 0 Å². The van der Waals surface area contributed by atoms with Crippen LogP contribution in [-0.4, -0.2) is 62.1 Å². The normalized spacial score (nSPS) is 20.6. The fourth-order valence-electron chi connectivity index (χ4n) is 2.05. The number of anilines is 3. The summed E-state index contributed by atoms with van der Waals surface area (Å²) in [7, 11) is 2.43. The molecule has 1 unspecified atom stereocenters. The van der Waals surface area contributed by atoms with Gasteiger partial charge in [0.15, 0.2) is 9.84 Å².